The molecule has 0 radical (unpaired) electrons. The SMILES string of the molecule is Cc1cc(Cn2cc3c(NC(=O)Cc4cccnc4)nccc3n2)cnc1OCC(F)(F)F. The first-order chi connectivity index (χ1) is 15.8. The van der Waals surface area contributed by atoms with Gasteiger partial charge in [0, 0.05) is 36.5 Å². The monoisotopic (exact) mass is 456 g/mol. The third-order valence-electron chi connectivity index (χ3n) is 4.63. The number of ether oxygens (including phenoxy) is 1. The lowest BCUT2D eigenvalue weighted by molar-refractivity contribution is -0.154. The Hall–Kier alpha value is -4.02. The van der Waals surface area contributed by atoms with Crippen LogP contribution >= 0.6 is 0 Å². The number of halogens is 3. The molecule has 0 unspecified atom stereocenters. The molecule has 170 valence electrons. The zero-order chi connectivity index (χ0) is 23.4. The fourth-order valence-electron chi connectivity index (χ4n) is 3.23. The maximum Gasteiger partial charge on any atom is 0.422 e. The molecule has 0 bridgehead atoms. The number of aryl methyl sites for hydroxylation is 1. The van der Waals surface area contributed by atoms with Gasteiger partial charge in [0.1, 0.15) is 5.82 Å². The molecule has 4 aromatic heterocycles. The minimum atomic E-state index is -4.43. The smallest absolute Gasteiger partial charge is 0.422 e. The van der Waals surface area contributed by atoms with Gasteiger partial charge in [0.2, 0.25) is 11.8 Å². The molecule has 0 aliphatic rings. The van der Waals surface area contributed by atoms with Crippen molar-refractivity contribution in [3.05, 3.63) is 71.9 Å². The van der Waals surface area contributed by atoms with E-state index in [0.717, 1.165) is 11.1 Å². The number of nitrogens with one attached hydrogen (secondary N) is 1. The Kier molecular flexibility index (Phi) is 6.20. The van der Waals surface area contributed by atoms with E-state index < -0.39 is 12.8 Å². The van der Waals surface area contributed by atoms with Crippen LogP contribution in [-0.4, -0.2) is 43.4 Å². The zero-order valence-corrected chi connectivity index (χ0v) is 17.5. The molecule has 4 aromatic rings. The lowest BCUT2D eigenvalue weighted by atomic mass is 10.2. The van der Waals surface area contributed by atoms with Gasteiger partial charge in [-0.1, -0.05) is 6.07 Å². The van der Waals surface area contributed by atoms with Crippen LogP contribution in [0.5, 0.6) is 5.88 Å². The molecule has 0 saturated heterocycles. The van der Waals surface area contributed by atoms with E-state index in [1.807, 2.05) is 6.07 Å². The molecule has 0 fully saturated rings. The van der Waals surface area contributed by atoms with Crippen LogP contribution in [-0.2, 0) is 17.8 Å². The van der Waals surface area contributed by atoms with Crippen molar-refractivity contribution in [1.29, 1.82) is 0 Å². The molecule has 0 aliphatic carbocycles. The average molecular weight is 456 g/mol. The van der Waals surface area contributed by atoms with Gasteiger partial charge in [0.05, 0.1) is 23.9 Å². The van der Waals surface area contributed by atoms with Crippen LogP contribution in [0, 0.1) is 6.92 Å². The van der Waals surface area contributed by atoms with Gasteiger partial charge in [-0.25, -0.2) is 9.97 Å². The highest BCUT2D eigenvalue weighted by Gasteiger charge is 2.29. The minimum Gasteiger partial charge on any atom is -0.468 e. The lowest BCUT2D eigenvalue weighted by Gasteiger charge is -2.11. The molecule has 11 heteroatoms. The number of aromatic nitrogens is 5. The maximum absolute atomic E-state index is 12.4. The van der Waals surface area contributed by atoms with Gasteiger partial charge in [0.25, 0.3) is 0 Å². The van der Waals surface area contributed by atoms with Gasteiger partial charge in [0.15, 0.2) is 6.61 Å². The number of hydrogen-bond donors (Lipinski definition) is 1. The number of rotatable bonds is 7. The quantitative estimate of drug-likeness (QED) is 0.456. The van der Waals surface area contributed by atoms with Gasteiger partial charge >= 0.3 is 6.18 Å². The summed E-state index contributed by atoms with van der Waals surface area (Å²) >= 11 is 0. The van der Waals surface area contributed by atoms with Crippen molar-refractivity contribution in [3.63, 3.8) is 0 Å². The van der Waals surface area contributed by atoms with Crippen LogP contribution in [0.3, 0.4) is 0 Å². The van der Waals surface area contributed by atoms with Crippen LogP contribution in [0.15, 0.2) is 55.2 Å². The van der Waals surface area contributed by atoms with Crippen molar-refractivity contribution in [2.75, 3.05) is 11.9 Å². The molecule has 0 saturated carbocycles. The Labute approximate surface area is 186 Å². The van der Waals surface area contributed by atoms with Crippen LogP contribution in [0.4, 0.5) is 19.0 Å². The van der Waals surface area contributed by atoms with Crippen LogP contribution in [0.2, 0.25) is 0 Å². The molecule has 1 amide bonds. The number of fused-ring (bicyclic) bond motifs is 1. The molecule has 1 N–H and O–H groups in total. The second-order valence-electron chi connectivity index (χ2n) is 7.37. The molecule has 0 aliphatic heterocycles. The maximum atomic E-state index is 12.4. The van der Waals surface area contributed by atoms with Gasteiger partial charge in [-0.2, -0.15) is 18.3 Å². The minimum absolute atomic E-state index is 0.0653. The average Bonchev–Trinajstić information content (AvgIpc) is 3.16. The number of anilines is 1. The van der Waals surface area contributed by atoms with Gasteiger partial charge < -0.3 is 10.1 Å². The van der Waals surface area contributed by atoms with E-state index >= 15 is 0 Å². The summed E-state index contributed by atoms with van der Waals surface area (Å²) in [5.41, 5.74) is 2.63. The van der Waals surface area contributed by atoms with E-state index in [2.05, 4.69) is 25.4 Å². The van der Waals surface area contributed by atoms with Crippen molar-refractivity contribution in [3.8, 4) is 5.88 Å². The van der Waals surface area contributed by atoms with Gasteiger partial charge in [-0.05, 0) is 36.2 Å². The third-order valence-corrected chi connectivity index (χ3v) is 4.63. The number of carbonyl (C=O) groups excluding carboxylic acids is 1. The predicted octanol–water partition coefficient (Wildman–Crippen LogP) is 3.70. The number of amides is 1. The number of pyridine rings is 3. The molecule has 4 rings (SSSR count). The molecule has 0 aromatic carbocycles. The van der Waals surface area contributed by atoms with Gasteiger partial charge in [-0.3, -0.25) is 14.5 Å². The highest BCUT2D eigenvalue weighted by atomic mass is 19.4. The van der Waals surface area contributed by atoms with Crippen LogP contribution in [0.1, 0.15) is 16.7 Å². The summed E-state index contributed by atoms with van der Waals surface area (Å²) < 4.78 is 43.5. The van der Waals surface area contributed by atoms with E-state index in [0.29, 0.717) is 28.8 Å². The van der Waals surface area contributed by atoms with Crippen molar-refractivity contribution in [2.24, 2.45) is 0 Å². The molecule has 33 heavy (non-hydrogen) atoms. The molecule has 0 atom stereocenters. The standard InChI is InChI=1S/C22H19F3N6O2/c1-14-7-16(10-28-21(14)33-13-22(23,24)25)11-31-12-17-18(30-31)4-6-27-20(17)29-19(32)8-15-3-2-5-26-9-15/h2-7,9-10,12H,8,11,13H2,1H3,(H,27,29,32). The molecular weight excluding hydrogens is 437 g/mol. The number of carbonyl (C=O) groups is 1. The molecule has 4 heterocycles. The summed E-state index contributed by atoms with van der Waals surface area (Å²) in [6, 6.07) is 6.99. The van der Waals surface area contributed by atoms with Crippen molar-refractivity contribution >= 4 is 22.6 Å². The Morgan fingerprint density at radius 1 is 1.15 bits per heavy atom. The summed E-state index contributed by atoms with van der Waals surface area (Å²) in [7, 11) is 0. The highest BCUT2D eigenvalue weighted by Crippen LogP contribution is 2.23. The Morgan fingerprint density at radius 3 is 2.73 bits per heavy atom. The lowest BCUT2D eigenvalue weighted by Crippen LogP contribution is -2.20. The van der Waals surface area contributed by atoms with Crippen molar-refractivity contribution in [1.82, 2.24) is 24.7 Å². The normalized spacial score (nSPS) is 11.5. The third kappa shape index (κ3) is 5.82. The summed E-state index contributed by atoms with van der Waals surface area (Å²) in [6.45, 7) is 0.555. The van der Waals surface area contributed by atoms with E-state index in [-0.39, 0.29) is 18.2 Å². The second kappa shape index (κ2) is 9.23. The van der Waals surface area contributed by atoms with Crippen LogP contribution in [0.25, 0.3) is 10.9 Å². The Balaban J connectivity index is 1.47. The first-order valence-electron chi connectivity index (χ1n) is 9.93. The second-order valence-corrected chi connectivity index (χ2v) is 7.37. The van der Waals surface area contributed by atoms with E-state index in [4.69, 9.17) is 4.74 Å². The predicted molar refractivity (Wildman–Crippen MR) is 114 cm³/mol. The zero-order valence-electron chi connectivity index (χ0n) is 17.5. The molecule has 8 nitrogen and oxygen atoms in total. The van der Waals surface area contributed by atoms with E-state index in [1.165, 1.54) is 6.20 Å². The molecule has 0 spiro atoms. The fraction of sp³-hybridized carbons (Fsp3) is 0.227. The van der Waals surface area contributed by atoms with Crippen molar-refractivity contribution < 1.29 is 22.7 Å². The first kappa shape index (κ1) is 22.2. The van der Waals surface area contributed by atoms with E-state index in [9.17, 15) is 18.0 Å². The van der Waals surface area contributed by atoms with Crippen LogP contribution < -0.4 is 10.1 Å². The number of alkyl halides is 3. The van der Waals surface area contributed by atoms with E-state index in [1.54, 1.807) is 54.6 Å². The number of nitrogens with zero attached hydrogens (tertiary/aromatic N) is 5. The van der Waals surface area contributed by atoms with Crippen molar-refractivity contribution in [2.45, 2.75) is 26.1 Å². The molecular formula is C22H19F3N6O2. The largest absolute Gasteiger partial charge is 0.468 e. The Bertz CT molecular complexity index is 1270. The summed E-state index contributed by atoms with van der Waals surface area (Å²) in [5.74, 6) is 0.0902. The number of hydrogen-bond acceptors (Lipinski definition) is 6. The summed E-state index contributed by atoms with van der Waals surface area (Å²) in [6.07, 6.45) is 3.73. The summed E-state index contributed by atoms with van der Waals surface area (Å²) in [4.78, 5) is 24.7. The Morgan fingerprint density at radius 2 is 2.00 bits per heavy atom. The highest BCUT2D eigenvalue weighted by molar-refractivity contribution is 5.99. The first-order valence-corrected chi connectivity index (χ1v) is 9.93. The fourth-order valence-corrected chi connectivity index (χ4v) is 3.23. The summed E-state index contributed by atoms with van der Waals surface area (Å²) in [5, 5.41) is 7.95. The van der Waals surface area contributed by atoms with Gasteiger partial charge in [-0.15, -0.1) is 0 Å². The topological polar surface area (TPSA) is 94.8 Å².